The summed E-state index contributed by atoms with van der Waals surface area (Å²) in [6, 6.07) is 12.2. The van der Waals surface area contributed by atoms with Crippen molar-refractivity contribution in [2.45, 2.75) is 51.2 Å². The summed E-state index contributed by atoms with van der Waals surface area (Å²) in [5.74, 6) is 0.453. The molecule has 0 radical (unpaired) electrons. The van der Waals surface area contributed by atoms with Gasteiger partial charge in [-0.2, -0.15) is 0 Å². The van der Waals surface area contributed by atoms with E-state index in [1.165, 1.54) is 6.26 Å². The highest BCUT2D eigenvalue weighted by Crippen LogP contribution is 2.21. The lowest BCUT2D eigenvalue weighted by atomic mass is 10.0. The van der Waals surface area contributed by atoms with Gasteiger partial charge in [0.1, 0.15) is 5.75 Å². The number of amides is 1. The molecule has 146 valence electrons. The molecule has 0 saturated heterocycles. The maximum Gasteiger partial charge on any atom is 0.261 e. The molecule has 0 aliphatic carbocycles. The molecule has 1 amide bonds. The monoisotopic (exact) mass is 389 g/mol. The first-order valence-electron chi connectivity index (χ1n) is 8.95. The molecule has 0 spiro atoms. The molecule has 2 aromatic carbocycles. The van der Waals surface area contributed by atoms with Gasteiger partial charge in [0.05, 0.1) is 10.9 Å². The van der Waals surface area contributed by atoms with Crippen LogP contribution in [0.3, 0.4) is 0 Å². The Kier molecular flexibility index (Phi) is 6.65. The lowest BCUT2D eigenvalue weighted by Crippen LogP contribution is -2.38. The van der Waals surface area contributed by atoms with E-state index in [2.05, 4.69) is 5.32 Å². The van der Waals surface area contributed by atoms with Gasteiger partial charge in [-0.3, -0.25) is 4.79 Å². The summed E-state index contributed by atoms with van der Waals surface area (Å²) >= 11 is 0. The highest BCUT2D eigenvalue weighted by atomic mass is 32.2. The lowest BCUT2D eigenvalue weighted by molar-refractivity contribution is -0.128. The third kappa shape index (κ3) is 5.82. The molecular formula is C21H27NO4S. The second-order valence-corrected chi connectivity index (χ2v) is 8.91. The van der Waals surface area contributed by atoms with Crippen LogP contribution in [0, 0.1) is 13.8 Å². The van der Waals surface area contributed by atoms with E-state index < -0.39 is 15.9 Å². The molecule has 6 heteroatoms. The molecule has 0 aliphatic rings. The van der Waals surface area contributed by atoms with Crippen LogP contribution in [-0.2, 0) is 14.6 Å². The van der Waals surface area contributed by atoms with Crippen molar-refractivity contribution in [1.82, 2.24) is 5.32 Å². The Balaban J connectivity index is 2.07. The predicted octanol–water partition coefficient (Wildman–Crippen LogP) is 3.74. The average Bonchev–Trinajstić information content (AvgIpc) is 2.57. The predicted molar refractivity (Wildman–Crippen MR) is 107 cm³/mol. The molecule has 2 rings (SSSR count). The van der Waals surface area contributed by atoms with Crippen molar-refractivity contribution in [3.8, 4) is 5.75 Å². The van der Waals surface area contributed by atoms with Gasteiger partial charge in [0.15, 0.2) is 15.9 Å². The van der Waals surface area contributed by atoms with Crippen molar-refractivity contribution in [3.63, 3.8) is 0 Å². The minimum atomic E-state index is -3.24. The molecule has 5 nitrogen and oxygen atoms in total. The summed E-state index contributed by atoms with van der Waals surface area (Å²) in [6.07, 6.45) is 1.21. The van der Waals surface area contributed by atoms with Crippen LogP contribution in [0.4, 0.5) is 0 Å². The largest absolute Gasteiger partial charge is 0.481 e. The minimum Gasteiger partial charge on any atom is -0.481 e. The number of sulfone groups is 1. The van der Waals surface area contributed by atoms with Gasteiger partial charge >= 0.3 is 0 Å². The van der Waals surface area contributed by atoms with Gasteiger partial charge < -0.3 is 10.1 Å². The van der Waals surface area contributed by atoms with Crippen LogP contribution in [-0.4, -0.2) is 26.7 Å². The first kappa shape index (κ1) is 21.0. The molecule has 0 bridgehead atoms. The first-order chi connectivity index (χ1) is 12.6. The number of benzene rings is 2. The molecule has 1 N–H and O–H groups in total. The van der Waals surface area contributed by atoms with E-state index in [-0.39, 0.29) is 16.8 Å². The molecular weight excluding hydrogens is 362 g/mol. The summed E-state index contributed by atoms with van der Waals surface area (Å²) in [5.41, 5.74) is 3.02. The van der Waals surface area contributed by atoms with E-state index in [1.807, 2.05) is 39.0 Å². The number of aryl methyl sites for hydroxylation is 2. The Bertz CT molecular complexity index is 884. The van der Waals surface area contributed by atoms with Crippen LogP contribution in [0.2, 0.25) is 0 Å². The smallest absolute Gasteiger partial charge is 0.261 e. The highest BCUT2D eigenvalue weighted by molar-refractivity contribution is 7.90. The van der Waals surface area contributed by atoms with Gasteiger partial charge in [-0.15, -0.1) is 0 Å². The fourth-order valence-corrected chi connectivity index (χ4v) is 3.55. The average molecular weight is 390 g/mol. The first-order valence-corrected chi connectivity index (χ1v) is 10.8. The molecule has 0 unspecified atom stereocenters. The van der Waals surface area contributed by atoms with Crippen molar-refractivity contribution >= 4 is 15.7 Å². The second-order valence-electron chi connectivity index (χ2n) is 6.89. The van der Waals surface area contributed by atoms with Crippen LogP contribution in [0.5, 0.6) is 5.75 Å². The molecule has 0 heterocycles. The fraction of sp³-hybridized carbons (Fsp3) is 0.381. The number of hydrogen-bond donors (Lipinski definition) is 1. The number of hydrogen-bond acceptors (Lipinski definition) is 4. The molecule has 0 aromatic heterocycles. The summed E-state index contributed by atoms with van der Waals surface area (Å²) in [6.45, 7) is 7.65. The van der Waals surface area contributed by atoms with Crippen molar-refractivity contribution < 1.29 is 17.9 Å². The van der Waals surface area contributed by atoms with Gasteiger partial charge in [0.25, 0.3) is 5.91 Å². The van der Waals surface area contributed by atoms with Crippen molar-refractivity contribution in [3.05, 3.63) is 59.2 Å². The normalized spacial score (nSPS) is 13.7. The van der Waals surface area contributed by atoms with Crippen molar-refractivity contribution in [2.24, 2.45) is 0 Å². The molecule has 0 saturated carbocycles. The summed E-state index contributed by atoms with van der Waals surface area (Å²) in [7, 11) is -3.24. The van der Waals surface area contributed by atoms with Gasteiger partial charge in [-0.25, -0.2) is 8.42 Å². The van der Waals surface area contributed by atoms with E-state index in [1.54, 1.807) is 31.2 Å². The third-order valence-electron chi connectivity index (χ3n) is 4.31. The highest BCUT2D eigenvalue weighted by Gasteiger charge is 2.20. The standard InChI is InChI=1S/C21H27NO4S/c1-6-20(17-7-9-19(10-8-17)27(5,24)25)22-21(23)16(4)26-18-12-14(2)11-15(3)13-18/h7-13,16,20H,6H2,1-5H3,(H,22,23)/t16-,20-/m0/s1. The van der Waals surface area contributed by atoms with Crippen LogP contribution in [0.25, 0.3) is 0 Å². The number of carbonyl (C=O) groups excluding carboxylic acids is 1. The van der Waals surface area contributed by atoms with Gasteiger partial charge in [-0.05, 0) is 68.1 Å². The van der Waals surface area contributed by atoms with E-state index in [4.69, 9.17) is 4.74 Å². The van der Waals surface area contributed by atoms with E-state index in [0.29, 0.717) is 12.2 Å². The summed E-state index contributed by atoms with van der Waals surface area (Å²) < 4.78 is 29.0. The summed E-state index contributed by atoms with van der Waals surface area (Å²) in [5, 5.41) is 2.98. The number of ether oxygens (including phenoxy) is 1. The van der Waals surface area contributed by atoms with E-state index in [0.717, 1.165) is 16.7 Å². The van der Waals surface area contributed by atoms with Crippen molar-refractivity contribution in [1.29, 1.82) is 0 Å². The number of rotatable bonds is 7. The number of carbonyl (C=O) groups is 1. The Labute approximate surface area is 161 Å². The Morgan fingerprint density at radius 1 is 1.07 bits per heavy atom. The second kappa shape index (κ2) is 8.57. The van der Waals surface area contributed by atoms with E-state index >= 15 is 0 Å². The molecule has 2 aromatic rings. The van der Waals surface area contributed by atoms with Gasteiger partial charge in [-0.1, -0.05) is 25.1 Å². The zero-order valence-corrected chi connectivity index (χ0v) is 17.3. The maximum absolute atomic E-state index is 12.6. The molecule has 2 atom stereocenters. The summed E-state index contributed by atoms with van der Waals surface area (Å²) in [4.78, 5) is 12.8. The Hall–Kier alpha value is -2.34. The van der Waals surface area contributed by atoms with Gasteiger partial charge in [0.2, 0.25) is 0 Å². The molecule has 0 aliphatic heterocycles. The van der Waals surface area contributed by atoms with Gasteiger partial charge in [0, 0.05) is 6.26 Å². The lowest BCUT2D eigenvalue weighted by Gasteiger charge is -2.21. The fourth-order valence-electron chi connectivity index (χ4n) is 2.92. The molecule has 0 fully saturated rings. The number of nitrogens with one attached hydrogen (secondary N) is 1. The SMILES string of the molecule is CC[C@H](NC(=O)[C@H](C)Oc1cc(C)cc(C)c1)c1ccc(S(C)(=O)=O)cc1. The molecule has 27 heavy (non-hydrogen) atoms. The quantitative estimate of drug-likeness (QED) is 0.783. The van der Waals surface area contributed by atoms with Crippen LogP contribution in [0.15, 0.2) is 47.4 Å². The van der Waals surface area contributed by atoms with Crippen LogP contribution >= 0.6 is 0 Å². The topological polar surface area (TPSA) is 72.5 Å². The Morgan fingerprint density at radius 3 is 2.11 bits per heavy atom. The zero-order valence-electron chi connectivity index (χ0n) is 16.4. The zero-order chi connectivity index (χ0) is 20.2. The Morgan fingerprint density at radius 2 is 1.63 bits per heavy atom. The van der Waals surface area contributed by atoms with Crippen molar-refractivity contribution in [2.75, 3.05) is 6.26 Å². The third-order valence-corrected chi connectivity index (χ3v) is 5.44. The van der Waals surface area contributed by atoms with Crippen LogP contribution in [0.1, 0.15) is 43.0 Å². The maximum atomic E-state index is 12.6. The minimum absolute atomic E-state index is 0.212. The van der Waals surface area contributed by atoms with Crippen LogP contribution < -0.4 is 10.1 Å². The van der Waals surface area contributed by atoms with E-state index in [9.17, 15) is 13.2 Å².